The SMILES string of the molecule is Cc1cc(O)cc(C)c1C#CCCCl. The van der Waals surface area contributed by atoms with Gasteiger partial charge in [0, 0.05) is 17.9 Å². The zero-order valence-corrected chi connectivity index (χ0v) is 9.15. The van der Waals surface area contributed by atoms with E-state index in [2.05, 4.69) is 11.8 Å². The van der Waals surface area contributed by atoms with Crippen LogP contribution >= 0.6 is 11.6 Å². The van der Waals surface area contributed by atoms with Gasteiger partial charge in [-0.3, -0.25) is 0 Å². The molecule has 0 aliphatic carbocycles. The van der Waals surface area contributed by atoms with Gasteiger partial charge in [0.1, 0.15) is 5.75 Å². The zero-order chi connectivity index (χ0) is 10.6. The maximum Gasteiger partial charge on any atom is 0.116 e. The van der Waals surface area contributed by atoms with Crippen LogP contribution in [-0.4, -0.2) is 11.0 Å². The lowest BCUT2D eigenvalue weighted by Crippen LogP contribution is -1.87. The van der Waals surface area contributed by atoms with Crippen LogP contribution < -0.4 is 0 Å². The van der Waals surface area contributed by atoms with E-state index < -0.39 is 0 Å². The van der Waals surface area contributed by atoms with Crippen molar-refractivity contribution in [1.29, 1.82) is 0 Å². The second-order valence-corrected chi connectivity index (χ2v) is 3.57. The van der Waals surface area contributed by atoms with Gasteiger partial charge in [-0.15, -0.1) is 11.6 Å². The molecule has 74 valence electrons. The van der Waals surface area contributed by atoms with Crippen LogP contribution in [-0.2, 0) is 0 Å². The van der Waals surface area contributed by atoms with Gasteiger partial charge in [0.15, 0.2) is 0 Å². The van der Waals surface area contributed by atoms with Gasteiger partial charge >= 0.3 is 0 Å². The molecule has 0 aliphatic rings. The number of rotatable bonds is 1. The summed E-state index contributed by atoms with van der Waals surface area (Å²) >= 11 is 5.53. The maximum absolute atomic E-state index is 9.32. The lowest BCUT2D eigenvalue weighted by molar-refractivity contribution is 0.474. The predicted octanol–water partition coefficient (Wildman–Crippen LogP) is 2.99. The van der Waals surface area contributed by atoms with Gasteiger partial charge in [-0.2, -0.15) is 0 Å². The van der Waals surface area contributed by atoms with Crippen molar-refractivity contribution in [2.75, 3.05) is 5.88 Å². The molecule has 0 unspecified atom stereocenters. The molecule has 0 spiro atoms. The number of phenolic OH excluding ortho intramolecular Hbond substituents is 1. The van der Waals surface area contributed by atoms with Gasteiger partial charge in [-0.05, 0) is 37.1 Å². The molecule has 1 aromatic rings. The molecule has 0 aliphatic heterocycles. The number of phenols is 1. The molecule has 0 radical (unpaired) electrons. The number of hydrogen-bond donors (Lipinski definition) is 1. The Labute approximate surface area is 89.7 Å². The Morgan fingerprint density at radius 2 is 1.86 bits per heavy atom. The fourth-order valence-corrected chi connectivity index (χ4v) is 1.43. The van der Waals surface area contributed by atoms with Crippen molar-refractivity contribution in [3.05, 3.63) is 28.8 Å². The normalized spacial score (nSPS) is 9.36. The van der Waals surface area contributed by atoms with Crippen LogP contribution in [0.1, 0.15) is 23.1 Å². The van der Waals surface area contributed by atoms with Crippen molar-refractivity contribution >= 4 is 11.6 Å². The first-order chi connectivity index (χ1) is 6.65. The topological polar surface area (TPSA) is 20.2 Å². The summed E-state index contributed by atoms with van der Waals surface area (Å²) in [4.78, 5) is 0. The van der Waals surface area contributed by atoms with Crippen molar-refractivity contribution in [3.63, 3.8) is 0 Å². The third-order valence-corrected chi connectivity index (χ3v) is 2.14. The van der Waals surface area contributed by atoms with Crippen molar-refractivity contribution in [2.24, 2.45) is 0 Å². The van der Waals surface area contributed by atoms with Crippen LogP contribution in [0.3, 0.4) is 0 Å². The van der Waals surface area contributed by atoms with Crippen LogP contribution in [0.15, 0.2) is 12.1 Å². The summed E-state index contributed by atoms with van der Waals surface area (Å²) in [6, 6.07) is 3.44. The predicted molar refractivity (Wildman–Crippen MR) is 59.8 cm³/mol. The highest BCUT2D eigenvalue weighted by molar-refractivity contribution is 6.18. The largest absolute Gasteiger partial charge is 0.508 e. The van der Waals surface area contributed by atoms with Gasteiger partial charge in [0.05, 0.1) is 0 Å². The molecule has 2 heteroatoms. The molecule has 1 N–H and O–H groups in total. The smallest absolute Gasteiger partial charge is 0.116 e. The summed E-state index contributed by atoms with van der Waals surface area (Å²) in [5, 5.41) is 9.32. The standard InChI is InChI=1S/C12H13ClO/c1-9-7-11(14)8-10(2)12(9)5-3-4-6-13/h7-8,14H,4,6H2,1-2H3. The average molecular weight is 209 g/mol. The van der Waals surface area contributed by atoms with Crippen LogP contribution in [0.4, 0.5) is 0 Å². The van der Waals surface area contributed by atoms with E-state index in [1.807, 2.05) is 13.8 Å². The zero-order valence-electron chi connectivity index (χ0n) is 8.39. The minimum atomic E-state index is 0.294. The van der Waals surface area contributed by atoms with Gasteiger partial charge in [-0.25, -0.2) is 0 Å². The Morgan fingerprint density at radius 3 is 2.36 bits per heavy atom. The van der Waals surface area contributed by atoms with Gasteiger partial charge in [0.25, 0.3) is 0 Å². The molecular formula is C12H13ClO. The van der Waals surface area contributed by atoms with E-state index in [1.165, 1.54) is 0 Å². The monoisotopic (exact) mass is 208 g/mol. The maximum atomic E-state index is 9.32. The number of aromatic hydroxyl groups is 1. The third kappa shape index (κ3) is 2.68. The Kier molecular flexibility index (Phi) is 3.85. The second-order valence-electron chi connectivity index (χ2n) is 3.20. The highest BCUT2D eigenvalue weighted by atomic mass is 35.5. The minimum Gasteiger partial charge on any atom is -0.508 e. The first-order valence-electron chi connectivity index (χ1n) is 4.50. The van der Waals surface area contributed by atoms with Gasteiger partial charge < -0.3 is 5.11 Å². The minimum absolute atomic E-state index is 0.294. The van der Waals surface area contributed by atoms with Crippen molar-refractivity contribution in [2.45, 2.75) is 20.3 Å². The highest BCUT2D eigenvalue weighted by Crippen LogP contribution is 2.19. The molecule has 14 heavy (non-hydrogen) atoms. The molecule has 0 fully saturated rings. The van der Waals surface area contributed by atoms with Gasteiger partial charge in [-0.1, -0.05) is 11.8 Å². The molecule has 1 aromatic carbocycles. The van der Waals surface area contributed by atoms with E-state index in [1.54, 1.807) is 12.1 Å². The third-order valence-electron chi connectivity index (χ3n) is 1.95. The molecule has 0 atom stereocenters. The van der Waals surface area contributed by atoms with E-state index in [-0.39, 0.29) is 0 Å². The molecule has 1 rings (SSSR count). The highest BCUT2D eigenvalue weighted by Gasteiger charge is 2.01. The summed E-state index contributed by atoms with van der Waals surface area (Å²) in [6.45, 7) is 3.88. The first-order valence-corrected chi connectivity index (χ1v) is 5.03. The van der Waals surface area contributed by atoms with Crippen molar-refractivity contribution in [1.82, 2.24) is 0 Å². The van der Waals surface area contributed by atoms with Gasteiger partial charge in [0.2, 0.25) is 0 Å². The van der Waals surface area contributed by atoms with E-state index in [0.717, 1.165) is 16.7 Å². The summed E-state index contributed by atoms with van der Waals surface area (Å²) in [6.07, 6.45) is 0.696. The molecule has 0 saturated carbocycles. The number of alkyl halides is 1. The van der Waals surface area contributed by atoms with Crippen LogP contribution in [0.25, 0.3) is 0 Å². The van der Waals surface area contributed by atoms with Crippen molar-refractivity contribution in [3.8, 4) is 17.6 Å². The van der Waals surface area contributed by atoms with E-state index in [9.17, 15) is 5.11 Å². The molecule has 0 heterocycles. The number of aryl methyl sites for hydroxylation is 2. The molecule has 0 amide bonds. The Bertz CT molecular complexity index is 362. The molecule has 0 saturated heterocycles. The number of benzene rings is 1. The number of halogens is 1. The first kappa shape index (κ1) is 10.9. The Morgan fingerprint density at radius 1 is 1.29 bits per heavy atom. The second kappa shape index (κ2) is 4.93. The van der Waals surface area contributed by atoms with Crippen molar-refractivity contribution < 1.29 is 5.11 Å². The van der Waals surface area contributed by atoms with E-state index in [4.69, 9.17) is 11.6 Å². The van der Waals surface area contributed by atoms with Crippen LogP contribution in [0.5, 0.6) is 5.75 Å². The average Bonchev–Trinajstić information content (AvgIpc) is 2.09. The lowest BCUT2D eigenvalue weighted by atomic mass is 10.0. The Hall–Kier alpha value is -1.13. The number of hydrogen-bond acceptors (Lipinski definition) is 1. The van der Waals surface area contributed by atoms with Crippen LogP contribution in [0, 0.1) is 25.7 Å². The Balaban J connectivity index is 3.04. The molecular weight excluding hydrogens is 196 g/mol. The quantitative estimate of drug-likeness (QED) is 0.556. The molecule has 0 aromatic heterocycles. The summed E-state index contributed by atoms with van der Waals surface area (Å²) in [7, 11) is 0. The van der Waals surface area contributed by atoms with Crippen LogP contribution in [0.2, 0.25) is 0 Å². The molecule has 0 bridgehead atoms. The summed E-state index contributed by atoms with van der Waals surface area (Å²) in [5.41, 5.74) is 3.00. The fraction of sp³-hybridized carbons (Fsp3) is 0.333. The fourth-order valence-electron chi connectivity index (χ4n) is 1.34. The molecule has 1 nitrogen and oxygen atoms in total. The van der Waals surface area contributed by atoms with E-state index >= 15 is 0 Å². The van der Waals surface area contributed by atoms with E-state index in [0.29, 0.717) is 18.1 Å². The lowest BCUT2D eigenvalue weighted by Gasteiger charge is -2.03. The summed E-state index contributed by atoms with van der Waals surface area (Å²) < 4.78 is 0. The summed E-state index contributed by atoms with van der Waals surface area (Å²) in [5.74, 6) is 6.91.